The third kappa shape index (κ3) is 4.25. The Labute approximate surface area is 121 Å². The molecule has 2 unspecified atom stereocenters. The van der Waals surface area contributed by atoms with Crippen molar-refractivity contribution in [3.05, 3.63) is 29.8 Å². The molecule has 3 nitrogen and oxygen atoms in total. The lowest BCUT2D eigenvalue weighted by Crippen LogP contribution is -2.39. The van der Waals surface area contributed by atoms with Gasteiger partial charge in [0.15, 0.2) is 0 Å². The number of nitrogens with zero attached hydrogens (tertiary/aromatic N) is 2. The molecule has 2 rings (SSSR count). The van der Waals surface area contributed by atoms with Crippen molar-refractivity contribution < 1.29 is 4.39 Å². The molecule has 1 fully saturated rings. The molecular weight excluding hydrogens is 253 g/mol. The van der Waals surface area contributed by atoms with Crippen molar-refractivity contribution in [2.24, 2.45) is 5.92 Å². The molecule has 0 saturated carbocycles. The van der Waals surface area contributed by atoms with Crippen LogP contribution in [-0.2, 0) is 0 Å². The van der Waals surface area contributed by atoms with Gasteiger partial charge >= 0.3 is 0 Å². The van der Waals surface area contributed by atoms with Gasteiger partial charge in [0.1, 0.15) is 5.82 Å². The van der Waals surface area contributed by atoms with E-state index in [1.54, 1.807) is 12.3 Å². The Bertz CT molecular complexity index is 404. The van der Waals surface area contributed by atoms with Crippen molar-refractivity contribution >= 4 is 0 Å². The van der Waals surface area contributed by atoms with Crippen LogP contribution in [0.25, 0.3) is 0 Å². The van der Waals surface area contributed by atoms with E-state index in [0.29, 0.717) is 5.92 Å². The van der Waals surface area contributed by atoms with Gasteiger partial charge in [-0.25, -0.2) is 4.39 Å². The number of hydrogen-bond donors (Lipinski definition) is 1. The molecule has 0 aromatic carbocycles. The first-order valence-electron chi connectivity index (χ1n) is 7.76. The molecule has 0 radical (unpaired) electrons. The van der Waals surface area contributed by atoms with E-state index in [4.69, 9.17) is 0 Å². The Morgan fingerprint density at radius 1 is 1.50 bits per heavy atom. The van der Waals surface area contributed by atoms with Gasteiger partial charge < -0.3 is 5.32 Å². The topological polar surface area (TPSA) is 28.2 Å². The zero-order valence-corrected chi connectivity index (χ0v) is 12.6. The van der Waals surface area contributed by atoms with E-state index in [2.05, 4.69) is 29.0 Å². The van der Waals surface area contributed by atoms with Gasteiger partial charge in [-0.2, -0.15) is 0 Å². The Kier molecular flexibility index (Phi) is 5.92. The van der Waals surface area contributed by atoms with Crippen molar-refractivity contribution in [1.82, 2.24) is 15.2 Å². The summed E-state index contributed by atoms with van der Waals surface area (Å²) in [5.74, 6) is 0.462. The van der Waals surface area contributed by atoms with Crippen molar-refractivity contribution in [2.45, 2.75) is 39.2 Å². The molecule has 0 bridgehead atoms. The molecular formula is C16H26FN3. The molecule has 2 atom stereocenters. The van der Waals surface area contributed by atoms with Crippen LogP contribution < -0.4 is 5.32 Å². The predicted octanol–water partition coefficient (Wildman–Crippen LogP) is 2.99. The maximum absolute atomic E-state index is 13.3. The summed E-state index contributed by atoms with van der Waals surface area (Å²) in [6.45, 7) is 8.74. The van der Waals surface area contributed by atoms with Crippen LogP contribution in [-0.4, -0.2) is 36.1 Å². The molecule has 0 spiro atoms. The molecule has 0 amide bonds. The van der Waals surface area contributed by atoms with Crippen LogP contribution in [0.4, 0.5) is 4.39 Å². The van der Waals surface area contributed by atoms with E-state index in [-0.39, 0.29) is 11.9 Å². The molecule has 1 aromatic rings. The van der Waals surface area contributed by atoms with Gasteiger partial charge in [-0.1, -0.05) is 6.92 Å². The van der Waals surface area contributed by atoms with Crippen LogP contribution in [0.1, 0.15) is 44.7 Å². The first-order chi connectivity index (χ1) is 9.70. The summed E-state index contributed by atoms with van der Waals surface area (Å²) in [4.78, 5) is 6.45. The van der Waals surface area contributed by atoms with Crippen LogP contribution in [0, 0.1) is 11.7 Å². The molecule has 1 saturated heterocycles. The van der Waals surface area contributed by atoms with E-state index in [0.717, 1.165) is 38.2 Å². The van der Waals surface area contributed by atoms with E-state index < -0.39 is 0 Å². The minimum Gasteiger partial charge on any atom is -0.316 e. The fourth-order valence-corrected chi connectivity index (χ4v) is 3.01. The van der Waals surface area contributed by atoms with Gasteiger partial charge in [0.2, 0.25) is 0 Å². The van der Waals surface area contributed by atoms with Gasteiger partial charge in [0.05, 0.1) is 6.20 Å². The van der Waals surface area contributed by atoms with E-state index >= 15 is 0 Å². The Morgan fingerprint density at radius 2 is 2.35 bits per heavy atom. The second-order valence-electron chi connectivity index (χ2n) is 5.82. The lowest BCUT2D eigenvalue weighted by Gasteiger charge is -2.34. The lowest BCUT2D eigenvalue weighted by molar-refractivity contribution is 0.162. The minimum absolute atomic E-state index is 0.222. The average Bonchev–Trinajstić information content (AvgIpc) is 2.47. The maximum Gasteiger partial charge on any atom is 0.141 e. The molecule has 1 aliphatic heterocycles. The van der Waals surface area contributed by atoms with Gasteiger partial charge in [0.25, 0.3) is 0 Å². The molecule has 1 N–H and O–H groups in total. The number of aromatic nitrogens is 1. The van der Waals surface area contributed by atoms with Crippen molar-refractivity contribution in [1.29, 1.82) is 0 Å². The number of halogens is 1. The highest BCUT2D eigenvalue weighted by molar-refractivity contribution is 5.14. The second-order valence-corrected chi connectivity index (χ2v) is 5.82. The van der Waals surface area contributed by atoms with Crippen molar-refractivity contribution in [3.8, 4) is 0 Å². The van der Waals surface area contributed by atoms with Crippen LogP contribution in [0.2, 0.25) is 0 Å². The van der Waals surface area contributed by atoms with Crippen LogP contribution in [0.5, 0.6) is 0 Å². The standard InChI is InChI=1S/C16H26FN3/c1-3-7-20(12-14-5-4-6-18-9-14)13(2)15-8-16(17)11-19-10-15/h8,10-11,13-14,18H,3-7,9,12H2,1-2H3. The summed E-state index contributed by atoms with van der Waals surface area (Å²) >= 11 is 0. The Morgan fingerprint density at radius 3 is 3.00 bits per heavy atom. The van der Waals surface area contributed by atoms with E-state index in [1.165, 1.54) is 19.0 Å². The highest BCUT2D eigenvalue weighted by atomic mass is 19.1. The average molecular weight is 279 g/mol. The fraction of sp³-hybridized carbons (Fsp3) is 0.688. The highest BCUT2D eigenvalue weighted by Crippen LogP contribution is 2.23. The maximum atomic E-state index is 13.3. The number of nitrogens with one attached hydrogen (secondary N) is 1. The number of hydrogen-bond acceptors (Lipinski definition) is 3. The van der Waals surface area contributed by atoms with Crippen molar-refractivity contribution in [3.63, 3.8) is 0 Å². The molecule has 112 valence electrons. The summed E-state index contributed by atoms with van der Waals surface area (Å²) in [6.07, 6.45) is 6.73. The third-order valence-electron chi connectivity index (χ3n) is 4.16. The zero-order chi connectivity index (χ0) is 14.4. The van der Waals surface area contributed by atoms with Gasteiger partial charge in [-0.05, 0) is 63.4 Å². The van der Waals surface area contributed by atoms with Crippen LogP contribution in [0.15, 0.2) is 18.5 Å². The van der Waals surface area contributed by atoms with Crippen LogP contribution >= 0.6 is 0 Å². The SMILES string of the molecule is CCCN(CC1CCCNC1)C(C)c1cncc(F)c1. The Balaban J connectivity index is 2.02. The quantitative estimate of drug-likeness (QED) is 0.867. The number of pyridine rings is 1. The smallest absolute Gasteiger partial charge is 0.141 e. The Hall–Kier alpha value is -1.00. The normalized spacial score (nSPS) is 21.1. The molecule has 20 heavy (non-hydrogen) atoms. The molecule has 2 heterocycles. The van der Waals surface area contributed by atoms with Gasteiger partial charge in [-0.15, -0.1) is 0 Å². The third-order valence-corrected chi connectivity index (χ3v) is 4.16. The van der Waals surface area contributed by atoms with Crippen LogP contribution in [0.3, 0.4) is 0 Å². The monoisotopic (exact) mass is 279 g/mol. The first-order valence-corrected chi connectivity index (χ1v) is 7.76. The van der Waals surface area contributed by atoms with Crippen molar-refractivity contribution in [2.75, 3.05) is 26.2 Å². The molecule has 4 heteroatoms. The zero-order valence-electron chi connectivity index (χ0n) is 12.6. The molecule has 1 aliphatic rings. The predicted molar refractivity (Wildman–Crippen MR) is 80.1 cm³/mol. The summed E-state index contributed by atoms with van der Waals surface area (Å²) in [6, 6.07) is 1.83. The fourth-order valence-electron chi connectivity index (χ4n) is 3.01. The van der Waals surface area contributed by atoms with E-state index in [1.807, 2.05) is 0 Å². The first kappa shape index (κ1) is 15.4. The molecule has 0 aliphatic carbocycles. The lowest BCUT2D eigenvalue weighted by atomic mass is 9.97. The number of rotatable bonds is 6. The summed E-state index contributed by atoms with van der Waals surface area (Å²) in [5.41, 5.74) is 0.974. The minimum atomic E-state index is -0.245. The number of piperidine rings is 1. The van der Waals surface area contributed by atoms with E-state index in [9.17, 15) is 4.39 Å². The summed E-state index contributed by atoms with van der Waals surface area (Å²) in [7, 11) is 0. The largest absolute Gasteiger partial charge is 0.316 e. The summed E-state index contributed by atoms with van der Waals surface area (Å²) < 4.78 is 13.3. The molecule has 1 aromatic heterocycles. The van der Waals surface area contributed by atoms with Gasteiger partial charge in [-0.3, -0.25) is 9.88 Å². The highest BCUT2D eigenvalue weighted by Gasteiger charge is 2.21. The second kappa shape index (κ2) is 7.70. The summed E-state index contributed by atoms with van der Waals surface area (Å²) in [5, 5.41) is 3.47. The van der Waals surface area contributed by atoms with Gasteiger partial charge in [0, 0.05) is 18.8 Å².